The molecule has 0 aromatic carbocycles. The summed E-state index contributed by atoms with van der Waals surface area (Å²) in [5.41, 5.74) is 7.27. The largest absolute Gasteiger partial charge is 0.388 e. The molecule has 1 heterocycles. The number of nitrogens with one attached hydrogen (secondary N) is 1. The van der Waals surface area contributed by atoms with Gasteiger partial charge in [-0.2, -0.15) is 0 Å². The third-order valence-corrected chi connectivity index (χ3v) is 3.00. The lowest BCUT2D eigenvalue weighted by Gasteiger charge is -2.22. The van der Waals surface area contributed by atoms with Crippen LogP contribution < -0.4 is 11.1 Å². The van der Waals surface area contributed by atoms with E-state index in [0.717, 1.165) is 18.7 Å². The van der Waals surface area contributed by atoms with Crippen molar-refractivity contribution in [2.45, 2.75) is 34.1 Å². The molecule has 0 fully saturated rings. The van der Waals surface area contributed by atoms with Gasteiger partial charge in [-0.3, -0.25) is 0 Å². The second kappa shape index (κ2) is 5.40. The van der Waals surface area contributed by atoms with Gasteiger partial charge in [-0.15, -0.1) is 0 Å². The molecule has 5 heteroatoms. The van der Waals surface area contributed by atoms with Crippen molar-refractivity contribution in [1.82, 2.24) is 9.97 Å². The van der Waals surface area contributed by atoms with Crippen LogP contribution in [0.2, 0.25) is 0 Å². The Balaban J connectivity index is 2.81. The maximum absolute atomic E-state index is 5.57. The van der Waals surface area contributed by atoms with Crippen LogP contribution in [-0.2, 0) is 0 Å². The molecule has 17 heavy (non-hydrogen) atoms. The fourth-order valence-electron chi connectivity index (χ4n) is 1.22. The first kappa shape index (κ1) is 13.8. The van der Waals surface area contributed by atoms with Gasteiger partial charge in [0.05, 0.1) is 0 Å². The molecule has 94 valence electrons. The Kier molecular flexibility index (Phi) is 4.40. The molecule has 0 radical (unpaired) electrons. The first-order chi connectivity index (χ1) is 7.84. The predicted molar refractivity (Wildman–Crippen MR) is 75.2 cm³/mol. The number of hydrogen-bond acceptors (Lipinski definition) is 4. The second-order valence-electron chi connectivity index (χ2n) is 4.95. The number of anilines is 1. The molecule has 1 rings (SSSR count). The molecule has 4 nitrogen and oxygen atoms in total. The zero-order valence-electron chi connectivity index (χ0n) is 10.9. The summed E-state index contributed by atoms with van der Waals surface area (Å²) in [6, 6.07) is 1.79. The monoisotopic (exact) mass is 252 g/mol. The van der Waals surface area contributed by atoms with E-state index in [4.69, 9.17) is 18.0 Å². The molecule has 0 unspecified atom stereocenters. The van der Waals surface area contributed by atoms with Gasteiger partial charge in [0, 0.05) is 12.2 Å². The smallest absolute Gasteiger partial charge is 0.223 e. The van der Waals surface area contributed by atoms with E-state index in [0.29, 0.717) is 16.6 Å². The quantitative estimate of drug-likeness (QED) is 0.787. The van der Waals surface area contributed by atoms with Gasteiger partial charge in [0.1, 0.15) is 10.7 Å². The minimum Gasteiger partial charge on any atom is -0.388 e. The molecule has 0 saturated heterocycles. The molecule has 1 aromatic heterocycles. The van der Waals surface area contributed by atoms with Gasteiger partial charge in [0.2, 0.25) is 5.95 Å². The molecule has 1 aromatic rings. The SMILES string of the molecule is CCC(C)(C)CNc1nc(C)cc(C(N)=S)n1. The van der Waals surface area contributed by atoms with Gasteiger partial charge in [-0.1, -0.05) is 33.0 Å². The van der Waals surface area contributed by atoms with Gasteiger partial charge < -0.3 is 11.1 Å². The molecule has 0 aliphatic heterocycles. The number of nitrogens with two attached hydrogens (primary N) is 1. The number of hydrogen-bond donors (Lipinski definition) is 2. The Labute approximate surface area is 108 Å². The van der Waals surface area contributed by atoms with E-state index in [2.05, 4.69) is 36.1 Å². The van der Waals surface area contributed by atoms with E-state index in [1.807, 2.05) is 6.92 Å². The summed E-state index contributed by atoms with van der Waals surface area (Å²) in [7, 11) is 0. The Morgan fingerprint density at radius 1 is 1.47 bits per heavy atom. The minimum atomic E-state index is 0.219. The second-order valence-corrected chi connectivity index (χ2v) is 5.39. The van der Waals surface area contributed by atoms with Crippen LogP contribution in [0.25, 0.3) is 0 Å². The van der Waals surface area contributed by atoms with E-state index in [9.17, 15) is 0 Å². The van der Waals surface area contributed by atoms with Crippen LogP contribution in [-0.4, -0.2) is 21.5 Å². The fraction of sp³-hybridized carbons (Fsp3) is 0.583. The summed E-state index contributed by atoms with van der Waals surface area (Å²) in [6.45, 7) is 9.29. The summed E-state index contributed by atoms with van der Waals surface area (Å²) >= 11 is 4.92. The maximum atomic E-state index is 5.57. The average Bonchev–Trinajstić information content (AvgIpc) is 2.26. The van der Waals surface area contributed by atoms with Crippen LogP contribution in [0.3, 0.4) is 0 Å². The van der Waals surface area contributed by atoms with Gasteiger partial charge in [-0.25, -0.2) is 9.97 Å². The van der Waals surface area contributed by atoms with Crippen LogP contribution in [0.4, 0.5) is 5.95 Å². The lowest BCUT2D eigenvalue weighted by molar-refractivity contribution is 0.376. The highest BCUT2D eigenvalue weighted by Crippen LogP contribution is 2.19. The fourth-order valence-corrected chi connectivity index (χ4v) is 1.32. The molecule has 0 atom stereocenters. The molecule has 0 saturated carbocycles. The molecule has 3 N–H and O–H groups in total. The lowest BCUT2D eigenvalue weighted by Crippen LogP contribution is -2.24. The summed E-state index contributed by atoms with van der Waals surface area (Å²) < 4.78 is 0. The van der Waals surface area contributed by atoms with Gasteiger partial charge in [0.15, 0.2) is 0 Å². The summed E-state index contributed by atoms with van der Waals surface area (Å²) in [5, 5.41) is 3.23. The lowest BCUT2D eigenvalue weighted by atomic mass is 9.90. The van der Waals surface area contributed by atoms with E-state index in [1.54, 1.807) is 6.07 Å². The molecule has 0 aliphatic carbocycles. The molecular formula is C12H20N4S. The van der Waals surface area contributed by atoms with Crippen molar-refractivity contribution in [2.75, 3.05) is 11.9 Å². The van der Waals surface area contributed by atoms with Crippen molar-refractivity contribution in [2.24, 2.45) is 11.1 Å². The van der Waals surface area contributed by atoms with Crippen molar-refractivity contribution in [1.29, 1.82) is 0 Å². The highest BCUT2D eigenvalue weighted by molar-refractivity contribution is 7.80. The average molecular weight is 252 g/mol. The highest BCUT2D eigenvalue weighted by Gasteiger charge is 2.15. The van der Waals surface area contributed by atoms with Crippen LogP contribution in [0.15, 0.2) is 6.07 Å². The van der Waals surface area contributed by atoms with E-state index < -0.39 is 0 Å². The topological polar surface area (TPSA) is 63.8 Å². The van der Waals surface area contributed by atoms with Crippen molar-refractivity contribution >= 4 is 23.2 Å². The molecular weight excluding hydrogens is 232 g/mol. The van der Waals surface area contributed by atoms with Crippen LogP contribution in [0.1, 0.15) is 38.6 Å². The van der Waals surface area contributed by atoms with Gasteiger partial charge in [0.25, 0.3) is 0 Å². The Morgan fingerprint density at radius 3 is 2.65 bits per heavy atom. The summed E-state index contributed by atoms with van der Waals surface area (Å²) in [4.78, 5) is 8.90. The molecule has 0 spiro atoms. The molecule has 0 aliphatic rings. The van der Waals surface area contributed by atoms with Crippen molar-refractivity contribution in [3.05, 3.63) is 17.5 Å². The predicted octanol–water partition coefficient (Wildman–Crippen LogP) is 2.27. The Hall–Kier alpha value is -1.23. The first-order valence-electron chi connectivity index (χ1n) is 5.73. The maximum Gasteiger partial charge on any atom is 0.223 e. The molecule has 0 amide bonds. The van der Waals surface area contributed by atoms with E-state index in [-0.39, 0.29) is 5.41 Å². The van der Waals surface area contributed by atoms with Crippen LogP contribution in [0.5, 0.6) is 0 Å². The van der Waals surface area contributed by atoms with Crippen LogP contribution in [0, 0.1) is 12.3 Å². The van der Waals surface area contributed by atoms with Crippen molar-refractivity contribution in [3.63, 3.8) is 0 Å². The molecule has 0 bridgehead atoms. The zero-order chi connectivity index (χ0) is 13.1. The van der Waals surface area contributed by atoms with E-state index >= 15 is 0 Å². The standard InChI is InChI=1S/C12H20N4S/c1-5-12(3,4)7-14-11-15-8(2)6-9(16-11)10(13)17/h6H,5,7H2,1-4H3,(H2,13,17)(H,14,15,16). The third kappa shape index (κ3) is 4.26. The van der Waals surface area contributed by atoms with Gasteiger partial charge >= 0.3 is 0 Å². The summed E-state index contributed by atoms with van der Waals surface area (Å²) in [6.07, 6.45) is 1.09. The number of rotatable bonds is 5. The van der Waals surface area contributed by atoms with E-state index in [1.165, 1.54) is 0 Å². The number of nitrogens with zero attached hydrogens (tertiary/aromatic N) is 2. The Morgan fingerprint density at radius 2 is 2.12 bits per heavy atom. The number of aromatic nitrogens is 2. The third-order valence-electron chi connectivity index (χ3n) is 2.79. The normalized spacial score (nSPS) is 11.3. The summed E-state index contributed by atoms with van der Waals surface area (Å²) in [5.74, 6) is 0.592. The van der Waals surface area contributed by atoms with Crippen LogP contribution >= 0.6 is 12.2 Å². The van der Waals surface area contributed by atoms with Crippen molar-refractivity contribution in [3.8, 4) is 0 Å². The number of thiocarbonyl (C=S) groups is 1. The Bertz CT molecular complexity index is 415. The minimum absolute atomic E-state index is 0.219. The first-order valence-corrected chi connectivity index (χ1v) is 6.14. The van der Waals surface area contributed by atoms with Gasteiger partial charge in [-0.05, 0) is 24.8 Å². The zero-order valence-corrected chi connectivity index (χ0v) is 11.7. The van der Waals surface area contributed by atoms with Crippen molar-refractivity contribution < 1.29 is 0 Å². The highest BCUT2D eigenvalue weighted by atomic mass is 32.1. The number of aryl methyl sites for hydroxylation is 1.